The maximum absolute atomic E-state index is 4.46. The molecule has 0 fully saturated rings. The number of hydrogen-bond acceptors (Lipinski definition) is 3. The number of rotatable bonds is 16. The molecule has 2 unspecified atom stereocenters. The maximum atomic E-state index is 4.46. The molecule has 4 rings (SSSR count). The second kappa shape index (κ2) is 15.4. The van der Waals surface area contributed by atoms with Crippen LogP contribution in [-0.4, -0.2) is 17.6 Å². The molecule has 0 amide bonds. The number of nitrogens with one attached hydrogen (secondary N) is 2. The van der Waals surface area contributed by atoms with Gasteiger partial charge in [-0.15, -0.1) is 6.58 Å². The topological polar surface area (TPSA) is 37.0 Å². The highest BCUT2D eigenvalue weighted by atomic mass is 15.0. The fourth-order valence-electron chi connectivity index (χ4n) is 5.79. The smallest absolute Gasteiger partial charge is 0.126 e. The lowest BCUT2D eigenvalue weighted by Gasteiger charge is -2.31. The van der Waals surface area contributed by atoms with Crippen LogP contribution in [0.15, 0.2) is 109 Å². The van der Waals surface area contributed by atoms with Gasteiger partial charge in [-0.05, 0) is 103 Å². The van der Waals surface area contributed by atoms with E-state index < -0.39 is 0 Å². The monoisotopic (exact) mass is 559 g/mol. The van der Waals surface area contributed by atoms with Crippen molar-refractivity contribution in [3.63, 3.8) is 0 Å². The average molecular weight is 560 g/mol. The third kappa shape index (κ3) is 9.08. The van der Waals surface area contributed by atoms with Gasteiger partial charge in [-0.25, -0.2) is 4.98 Å². The summed E-state index contributed by atoms with van der Waals surface area (Å²) in [6, 6.07) is 28.9. The van der Waals surface area contributed by atoms with E-state index in [1.165, 1.54) is 45.0 Å². The fourth-order valence-corrected chi connectivity index (χ4v) is 5.79. The van der Waals surface area contributed by atoms with Crippen molar-refractivity contribution in [3.8, 4) is 11.1 Å². The molecule has 0 radical (unpaired) electrons. The lowest BCUT2D eigenvalue weighted by Crippen LogP contribution is -2.35. The normalized spacial score (nSPS) is 12.7. The minimum Gasteiger partial charge on any atom is -0.385 e. The summed E-state index contributed by atoms with van der Waals surface area (Å²) in [6.45, 7) is 18.6. The molecule has 220 valence electrons. The molecule has 1 aromatic heterocycles. The van der Waals surface area contributed by atoms with Crippen molar-refractivity contribution >= 4 is 16.6 Å². The summed E-state index contributed by atoms with van der Waals surface area (Å²) in [5.74, 6) is 1.95. The van der Waals surface area contributed by atoms with Crippen molar-refractivity contribution in [1.29, 1.82) is 0 Å². The van der Waals surface area contributed by atoms with Crippen LogP contribution in [0.25, 0.3) is 21.9 Å². The molecule has 0 aliphatic carbocycles. The number of aromatic nitrogens is 1. The van der Waals surface area contributed by atoms with Gasteiger partial charge in [0.2, 0.25) is 0 Å². The van der Waals surface area contributed by atoms with E-state index in [0.717, 1.165) is 50.2 Å². The summed E-state index contributed by atoms with van der Waals surface area (Å²) >= 11 is 0. The van der Waals surface area contributed by atoms with Crippen molar-refractivity contribution < 1.29 is 0 Å². The van der Waals surface area contributed by atoms with E-state index in [1.54, 1.807) is 0 Å². The van der Waals surface area contributed by atoms with E-state index in [-0.39, 0.29) is 0 Å². The summed E-state index contributed by atoms with van der Waals surface area (Å²) in [7, 11) is 0. The van der Waals surface area contributed by atoms with Gasteiger partial charge in [0, 0.05) is 30.4 Å². The fraction of sp³-hybridized carbons (Fsp3) is 0.359. The third-order valence-corrected chi connectivity index (χ3v) is 8.06. The van der Waals surface area contributed by atoms with Crippen molar-refractivity contribution in [3.05, 3.63) is 121 Å². The van der Waals surface area contributed by atoms with Gasteiger partial charge in [-0.3, -0.25) is 0 Å². The molecule has 0 saturated carbocycles. The Morgan fingerprint density at radius 1 is 0.881 bits per heavy atom. The van der Waals surface area contributed by atoms with Gasteiger partial charge >= 0.3 is 0 Å². The number of nitrogens with zero attached hydrogens (tertiary/aromatic N) is 1. The highest BCUT2D eigenvalue weighted by Gasteiger charge is 2.24. The molecule has 1 heterocycles. The SMILES string of the molecule is C=C(C)CC(c1ccc(-c2cccc3ccccc23)cc1)C(CCC(C)C)NC(=C)CCCCNc1cc(C)ccn1. The van der Waals surface area contributed by atoms with Crippen LogP contribution in [0.2, 0.25) is 0 Å². The summed E-state index contributed by atoms with van der Waals surface area (Å²) in [5, 5.41) is 9.92. The number of hydrogen-bond donors (Lipinski definition) is 2. The molecular weight excluding hydrogens is 510 g/mol. The highest BCUT2D eigenvalue weighted by molar-refractivity contribution is 5.96. The second-order valence-electron chi connectivity index (χ2n) is 12.3. The Morgan fingerprint density at radius 3 is 2.38 bits per heavy atom. The number of unbranched alkanes of at least 4 members (excludes halogenated alkanes) is 1. The largest absolute Gasteiger partial charge is 0.385 e. The molecule has 2 N–H and O–H groups in total. The van der Waals surface area contributed by atoms with E-state index >= 15 is 0 Å². The standard InChI is InChI=1S/C39H49N3/c1-28(2)17-22-38(42-31(6)12-9-10-24-40-39-27-30(5)23-25-41-39)37(26-29(3)4)34-20-18-33(19-21-34)36-16-11-14-32-13-7-8-15-35(32)36/h7-8,11,13-16,18-21,23,25,27-28,37-38,42H,3,6,9-10,12,17,22,24,26H2,1-2,4-5H3,(H,40,41). The number of pyridine rings is 1. The Kier molecular flexibility index (Phi) is 11.4. The summed E-state index contributed by atoms with van der Waals surface area (Å²) < 4.78 is 0. The Hall–Kier alpha value is -3.85. The van der Waals surface area contributed by atoms with Gasteiger partial charge in [0.25, 0.3) is 0 Å². The maximum Gasteiger partial charge on any atom is 0.126 e. The lowest BCUT2D eigenvalue weighted by molar-refractivity contribution is 0.391. The molecule has 3 heteroatoms. The van der Waals surface area contributed by atoms with Gasteiger partial charge in [0.05, 0.1) is 0 Å². The molecule has 0 saturated heterocycles. The van der Waals surface area contributed by atoms with E-state index in [2.05, 4.69) is 129 Å². The van der Waals surface area contributed by atoms with Gasteiger partial charge in [0.1, 0.15) is 5.82 Å². The van der Waals surface area contributed by atoms with Crippen molar-refractivity contribution in [2.45, 2.75) is 78.2 Å². The molecule has 3 aromatic carbocycles. The zero-order valence-electron chi connectivity index (χ0n) is 26.1. The molecule has 4 aromatic rings. The molecule has 0 spiro atoms. The van der Waals surface area contributed by atoms with Gasteiger partial charge < -0.3 is 10.6 Å². The highest BCUT2D eigenvalue weighted by Crippen LogP contribution is 2.34. The van der Waals surface area contributed by atoms with Gasteiger partial charge in [-0.1, -0.05) is 92.7 Å². The predicted octanol–water partition coefficient (Wildman–Crippen LogP) is 10.5. The first-order chi connectivity index (χ1) is 20.3. The van der Waals surface area contributed by atoms with E-state index in [9.17, 15) is 0 Å². The van der Waals surface area contributed by atoms with Crippen molar-refractivity contribution in [1.82, 2.24) is 10.3 Å². The molecule has 42 heavy (non-hydrogen) atoms. The Balaban J connectivity index is 1.44. The predicted molar refractivity (Wildman–Crippen MR) is 183 cm³/mol. The van der Waals surface area contributed by atoms with Crippen LogP contribution in [0.1, 0.15) is 76.3 Å². The summed E-state index contributed by atoms with van der Waals surface area (Å²) in [6.07, 6.45) is 8.26. The summed E-state index contributed by atoms with van der Waals surface area (Å²) in [4.78, 5) is 4.41. The first-order valence-electron chi connectivity index (χ1n) is 15.6. The van der Waals surface area contributed by atoms with Crippen LogP contribution in [0.4, 0.5) is 5.82 Å². The van der Waals surface area contributed by atoms with Gasteiger partial charge in [-0.2, -0.15) is 0 Å². The van der Waals surface area contributed by atoms with Crippen LogP contribution in [0.3, 0.4) is 0 Å². The minimum atomic E-state index is 0.314. The number of benzene rings is 3. The average Bonchev–Trinajstić information content (AvgIpc) is 2.97. The molecule has 0 aliphatic rings. The van der Waals surface area contributed by atoms with Crippen molar-refractivity contribution in [2.24, 2.45) is 5.92 Å². The molecule has 2 atom stereocenters. The quantitative estimate of drug-likeness (QED) is 0.106. The third-order valence-electron chi connectivity index (χ3n) is 8.06. The zero-order chi connectivity index (χ0) is 29.9. The van der Waals surface area contributed by atoms with Gasteiger partial charge in [0.15, 0.2) is 0 Å². The van der Waals surface area contributed by atoms with Crippen LogP contribution < -0.4 is 10.6 Å². The Morgan fingerprint density at radius 2 is 1.64 bits per heavy atom. The molecule has 3 nitrogen and oxygen atoms in total. The van der Waals surface area contributed by atoms with E-state index in [0.29, 0.717) is 17.9 Å². The molecule has 0 bridgehead atoms. The van der Waals surface area contributed by atoms with Crippen LogP contribution >= 0.6 is 0 Å². The lowest BCUT2D eigenvalue weighted by atomic mass is 9.82. The second-order valence-corrected chi connectivity index (χ2v) is 12.3. The number of aryl methyl sites for hydroxylation is 1. The minimum absolute atomic E-state index is 0.314. The van der Waals surface area contributed by atoms with Crippen LogP contribution in [-0.2, 0) is 0 Å². The molecule has 0 aliphatic heterocycles. The first-order valence-corrected chi connectivity index (χ1v) is 15.6. The van der Waals surface area contributed by atoms with Crippen LogP contribution in [0.5, 0.6) is 0 Å². The number of fused-ring (bicyclic) bond motifs is 1. The first kappa shape index (κ1) is 31.1. The molecular formula is C39H49N3. The van der Waals surface area contributed by atoms with E-state index in [1.807, 2.05) is 12.3 Å². The Bertz CT molecular complexity index is 1440. The summed E-state index contributed by atoms with van der Waals surface area (Å²) in [5.41, 5.74) is 7.49. The van der Waals surface area contributed by atoms with Crippen LogP contribution in [0, 0.1) is 12.8 Å². The zero-order valence-corrected chi connectivity index (χ0v) is 26.1. The van der Waals surface area contributed by atoms with Crippen molar-refractivity contribution in [2.75, 3.05) is 11.9 Å². The number of anilines is 1. The Labute approximate surface area is 254 Å². The van der Waals surface area contributed by atoms with E-state index in [4.69, 9.17) is 0 Å². The number of allylic oxidation sites excluding steroid dienone is 2.